The maximum Gasteiger partial charge on any atom is 0.0850 e. The number of aryl methyl sites for hydroxylation is 2. The summed E-state index contributed by atoms with van der Waals surface area (Å²) >= 11 is 0. The zero-order valence-electron chi connectivity index (χ0n) is 6.76. The van der Waals surface area contributed by atoms with Gasteiger partial charge in [-0.15, -0.1) is 0 Å². The van der Waals surface area contributed by atoms with E-state index in [-0.39, 0.29) is 0 Å². The van der Waals surface area contributed by atoms with Gasteiger partial charge in [0.05, 0.1) is 22.1 Å². The Balaban J connectivity index is 2.88. The molecule has 0 aliphatic heterocycles. The highest BCUT2D eigenvalue weighted by Gasteiger charge is 1.99. The number of hydrogen-bond acceptors (Lipinski definition) is 2. The van der Waals surface area contributed by atoms with Gasteiger partial charge in [0, 0.05) is 0 Å². The average Bonchev–Trinajstić information content (AvgIpc) is 2.36. The van der Waals surface area contributed by atoms with Crippen molar-refractivity contribution in [1.29, 1.82) is 0 Å². The molecule has 1 aromatic rings. The SMILES string of the molecule is Cc1nc2c(nc1C)=CCC=2. The van der Waals surface area contributed by atoms with E-state index >= 15 is 0 Å². The molecule has 0 radical (unpaired) electrons. The van der Waals surface area contributed by atoms with Crippen LogP contribution in [-0.2, 0) is 0 Å². The van der Waals surface area contributed by atoms with E-state index in [1.54, 1.807) is 0 Å². The van der Waals surface area contributed by atoms with E-state index < -0.39 is 0 Å². The minimum absolute atomic E-state index is 0.984. The smallest absolute Gasteiger partial charge is 0.0850 e. The summed E-state index contributed by atoms with van der Waals surface area (Å²) in [4.78, 5) is 8.81. The van der Waals surface area contributed by atoms with Crippen molar-refractivity contribution in [3.63, 3.8) is 0 Å². The van der Waals surface area contributed by atoms with E-state index in [9.17, 15) is 0 Å². The van der Waals surface area contributed by atoms with Crippen molar-refractivity contribution in [2.45, 2.75) is 20.3 Å². The number of aromatic nitrogens is 2. The Kier molecular flexibility index (Phi) is 1.28. The van der Waals surface area contributed by atoms with Crippen LogP contribution in [0.25, 0.3) is 12.2 Å². The van der Waals surface area contributed by atoms with Crippen LogP contribution in [0.15, 0.2) is 0 Å². The molecule has 1 aliphatic rings. The Hall–Kier alpha value is -1.18. The lowest BCUT2D eigenvalue weighted by Gasteiger charge is -1.95. The Morgan fingerprint density at radius 2 is 1.45 bits per heavy atom. The Morgan fingerprint density at radius 3 is 1.91 bits per heavy atom. The summed E-state index contributed by atoms with van der Waals surface area (Å²) in [6.45, 7) is 3.99. The summed E-state index contributed by atoms with van der Waals surface area (Å²) < 4.78 is 0. The molecule has 0 saturated carbocycles. The third kappa shape index (κ3) is 0.946. The molecule has 0 spiro atoms. The molecular formula is C9H10N2. The van der Waals surface area contributed by atoms with Crippen LogP contribution < -0.4 is 10.7 Å². The predicted molar refractivity (Wildman–Crippen MR) is 44.3 cm³/mol. The Morgan fingerprint density at radius 1 is 1.00 bits per heavy atom. The summed E-state index contributed by atoms with van der Waals surface area (Å²) in [5, 5.41) is 2.10. The van der Waals surface area contributed by atoms with Crippen LogP contribution in [0, 0.1) is 13.8 Å². The number of nitrogens with zero attached hydrogens (tertiary/aromatic N) is 2. The molecule has 0 atom stereocenters. The van der Waals surface area contributed by atoms with Gasteiger partial charge < -0.3 is 0 Å². The molecule has 1 aromatic heterocycles. The standard InChI is InChI=1S/C9H10N2/c1-6-7(2)11-9-5-3-4-8(9)10-6/h4-5H,3H2,1-2H3. The van der Waals surface area contributed by atoms with Gasteiger partial charge in [-0.05, 0) is 20.3 Å². The fourth-order valence-corrected chi connectivity index (χ4v) is 1.22. The van der Waals surface area contributed by atoms with Crippen LogP contribution in [0.3, 0.4) is 0 Å². The van der Waals surface area contributed by atoms with Crippen molar-refractivity contribution >= 4 is 12.2 Å². The molecule has 1 aliphatic carbocycles. The average molecular weight is 146 g/mol. The minimum Gasteiger partial charge on any atom is -0.250 e. The maximum atomic E-state index is 4.40. The number of hydrogen-bond donors (Lipinski definition) is 0. The van der Waals surface area contributed by atoms with Crippen molar-refractivity contribution in [3.05, 3.63) is 22.1 Å². The first-order chi connectivity index (χ1) is 5.27. The van der Waals surface area contributed by atoms with Gasteiger partial charge in [0.2, 0.25) is 0 Å². The molecule has 0 amide bonds. The zero-order valence-corrected chi connectivity index (χ0v) is 6.76. The summed E-state index contributed by atoms with van der Waals surface area (Å²) in [6, 6.07) is 0. The second kappa shape index (κ2) is 2.16. The third-order valence-corrected chi connectivity index (χ3v) is 1.98. The Labute approximate surface area is 65.3 Å². The van der Waals surface area contributed by atoms with Crippen molar-refractivity contribution in [1.82, 2.24) is 9.97 Å². The Bertz CT molecular complexity index is 365. The molecule has 0 N–H and O–H groups in total. The minimum atomic E-state index is 0.984. The van der Waals surface area contributed by atoms with Crippen LogP contribution in [-0.4, -0.2) is 9.97 Å². The highest BCUT2D eigenvalue weighted by molar-refractivity contribution is 5.42. The second-order valence-corrected chi connectivity index (χ2v) is 2.81. The number of rotatable bonds is 0. The fraction of sp³-hybridized carbons (Fsp3) is 0.333. The van der Waals surface area contributed by atoms with Gasteiger partial charge in [-0.1, -0.05) is 12.2 Å². The summed E-state index contributed by atoms with van der Waals surface area (Å²) in [5.41, 5.74) is 2.07. The first-order valence-corrected chi connectivity index (χ1v) is 3.79. The van der Waals surface area contributed by atoms with Crippen molar-refractivity contribution in [2.75, 3.05) is 0 Å². The van der Waals surface area contributed by atoms with Crippen LogP contribution in [0.5, 0.6) is 0 Å². The molecule has 0 fully saturated rings. The summed E-state index contributed by atoms with van der Waals surface area (Å²) in [7, 11) is 0. The third-order valence-electron chi connectivity index (χ3n) is 1.98. The molecule has 11 heavy (non-hydrogen) atoms. The van der Waals surface area contributed by atoms with Crippen molar-refractivity contribution in [2.24, 2.45) is 0 Å². The predicted octanol–water partition coefficient (Wildman–Crippen LogP) is 0.0581. The van der Waals surface area contributed by atoms with Gasteiger partial charge in [0.1, 0.15) is 0 Å². The quantitative estimate of drug-likeness (QED) is 0.517. The molecule has 2 heteroatoms. The normalized spacial score (nSPS) is 13.6. The van der Waals surface area contributed by atoms with E-state index in [2.05, 4.69) is 22.1 Å². The van der Waals surface area contributed by atoms with Crippen LogP contribution >= 0.6 is 0 Å². The summed E-state index contributed by atoms with van der Waals surface area (Å²) in [6.07, 6.45) is 5.20. The van der Waals surface area contributed by atoms with E-state index in [4.69, 9.17) is 0 Å². The van der Waals surface area contributed by atoms with Crippen molar-refractivity contribution in [3.8, 4) is 0 Å². The number of fused-ring (bicyclic) bond motifs is 1. The zero-order chi connectivity index (χ0) is 7.84. The molecular weight excluding hydrogens is 136 g/mol. The lowest BCUT2D eigenvalue weighted by molar-refractivity contribution is 0.989. The van der Waals surface area contributed by atoms with Gasteiger partial charge in [-0.25, -0.2) is 9.97 Å². The van der Waals surface area contributed by atoms with E-state index in [1.165, 1.54) is 0 Å². The maximum absolute atomic E-state index is 4.40. The van der Waals surface area contributed by atoms with E-state index in [1.807, 2.05) is 13.8 Å². The van der Waals surface area contributed by atoms with Crippen LogP contribution in [0.2, 0.25) is 0 Å². The second-order valence-electron chi connectivity index (χ2n) is 2.81. The molecule has 2 rings (SSSR count). The van der Waals surface area contributed by atoms with Crippen LogP contribution in [0.4, 0.5) is 0 Å². The van der Waals surface area contributed by atoms with Gasteiger partial charge in [-0.2, -0.15) is 0 Å². The lowest BCUT2D eigenvalue weighted by atomic mass is 10.3. The summed E-state index contributed by atoms with van der Waals surface area (Å²) in [5.74, 6) is 0. The van der Waals surface area contributed by atoms with Gasteiger partial charge in [0.15, 0.2) is 0 Å². The molecule has 2 nitrogen and oxygen atoms in total. The fourth-order valence-electron chi connectivity index (χ4n) is 1.22. The van der Waals surface area contributed by atoms with E-state index in [0.717, 1.165) is 28.5 Å². The molecule has 0 saturated heterocycles. The molecule has 56 valence electrons. The van der Waals surface area contributed by atoms with Crippen LogP contribution in [0.1, 0.15) is 17.8 Å². The monoisotopic (exact) mass is 146 g/mol. The lowest BCUT2D eigenvalue weighted by Crippen LogP contribution is -2.30. The van der Waals surface area contributed by atoms with E-state index in [0.29, 0.717) is 0 Å². The van der Waals surface area contributed by atoms with Gasteiger partial charge >= 0.3 is 0 Å². The highest BCUT2D eigenvalue weighted by Crippen LogP contribution is 1.93. The molecule has 0 aromatic carbocycles. The molecule has 1 heterocycles. The first kappa shape index (κ1) is 6.53. The highest BCUT2D eigenvalue weighted by atomic mass is 14.8. The van der Waals surface area contributed by atoms with Gasteiger partial charge in [0.25, 0.3) is 0 Å². The topological polar surface area (TPSA) is 25.8 Å². The van der Waals surface area contributed by atoms with Gasteiger partial charge in [-0.3, -0.25) is 0 Å². The molecule has 0 bridgehead atoms. The largest absolute Gasteiger partial charge is 0.250 e. The first-order valence-electron chi connectivity index (χ1n) is 3.79. The molecule has 0 unspecified atom stereocenters. The van der Waals surface area contributed by atoms with Crippen molar-refractivity contribution < 1.29 is 0 Å².